The molecule has 30 heavy (non-hydrogen) atoms. The second kappa shape index (κ2) is 9.08. The normalized spacial score (nSPS) is 23.6. The molecule has 2 aromatic heterocycles. The Bertz CT molecular complexity index is 955. The number of hydrogen-bond donors (Lipinski definition) is 2. The fourth-order valence-corrected chi connectivity index (χ4v) is 3.66. The summed E-state index contributed by atoms with van der Waals surface area (Å²) in [5, 5.41) is 10.5. The summed E-state index contributed by atoms with van der Waals surface area (Å²) in [5.41, 5.74) is 4.83. The molecule has 0 aliphatic carbocycles. The highest BCUT2D eigenvalue weighted by atomic mass is 35.5. The Morgan fingerprint density at radius 3 is 2.90 bits per heavy atom. The summed E-state index contributed by atoms with van der Waals surface area (Å²) in [6.45, 7) is 3.76. The predicted molar refractivity (Wildman–Crippen MR) is 111 cm³/mol. The SMILES string of the molecule is C#C[C@]1(CO)O[C@@H](n2ccc3c(N)nc(Cl)nc32)C[C@@H]1OC(=O)OCC(CC)CC. The van der Waals surface area contributed by atoms with Crippen molar-refractivity contribution < 1.29 is 24.1 Å². The monoisotopic (exact) mass is 436 g/mol. The number of aliphatic hydroxyl groups is 1. The van der Waals surface area contributed by atoms with E-state index in [1.807, 2.05) is 13.8 Å². The molecular weight excluding hydrogens is 412 g/mol. The molecule has 1 aliphatic heterocycles. The van der Waals surface area contributed by atoms with Crippen LogP contribution in [-0.4, -0.2) is 50.7 Å². The second-order valence-corrected chi connectivity index (χ2v) is 7.53. The van der Waals surface area contributed by atoms with Crippen LogP contribution >= 0.6 is 11.6 Å². The summed E-state index contributed by atoms with van der Waals surface area (Å²) in [4.78, 5) is 20.4. The first kappa shape index (κ1) is 22.2. The third kappa shape index (κ3) is 4.17. The number of rotatable bonds is 7. The highest BCUT2D eigenvalue weighted by molar-refractivity contribution is 6.28. The molecule has 3 N–H and O–H groups in total. The lowest BCUT2D eigenvalue weighted by Gasteiger charge is -2.26. The van der Waals surface area contributed by atoms with E-state index in [0.29, 0.717) is 11.0 Å². The predicted octanol–water partition coefficient (Wildman–Crippen LogP) is 2.91. The van der Waals surface area contributed by atoms with Gasteiger partial charge in [-0.15, -0.1) is 6.42 Å². The molecule has 3 atom stereocenters. The number of carbonyl (C=O) groups is 1. The van der Waals surface area contributed by atoms with Gasteiger partial charge in [0.15, 0.2) is 11.7 Å². The van der Waals surface area contributed by atoms with Crippen molar-refractivity contribution in [2.24, 2.45) is 5.92 Å². The Labute approximate surface area is 179 Å². The Balaban J connectivity index is 1.81. The van der Waals surface area contributed by atoms with E-state index in [1.165, 1.54) is 0 Å². The third-order valence-corrected chi connectivity index (χ3v) is 5.64. The number of anilines is 1. The minimum Gasteiger partial charge on any atom is -0.434 e. The van der Waals surface area contributed by atoms with Crippen LogP contribution < -0.4 is 5.73 Å². The van der Waals surface area contributed by atoms with Crippen LogP contribution in [0.25, 0.3) is 11.0 Å². The zero-order valence-corrected chi connectivity index (χ0v) is 17.6. The van der Waals surface area contributed by atoms with E-state index >= 15 is 0 Å². The number of nitrogens with two attached hydrogens (primary N) is 1. The number of halogens is 1. The molecule has 0 aromatic carbocycles. The van der Waals surface area contributed by atoms with E-state index in [2.05, 4.69) is 15.9 Å². The fraction of sp³-hybridized carbons (Fsp3) is 0.550. The topological polar surface area (TPSA) is 122 Å². The van der Waals surface area contributed by atoms with Crippen LogP contribution in [0.1, 0.15) is 39.3 Å². The van der Waals surface area contributed by atoms with Crippen LogP contribution in [-0.2, 0) is 14.2 Å². The van der Waals surface area contributed by atoms with Crippen molar-refractivity contribution in [3.63, 3.8) is 0 Å². The number of terminal acetylenes is 1. The van der Waals surface area contributed by atoms with Gasteiger partial charge >= 0.3 is 6.16 Å². The molecule has 10 heteroatoms. The third-order valence-electron chi connectivity index (χ3n) is 5.48. The molecule has 0 saturated carbocycles. The molecule has 3 heterocycles. The van der Waals surface area contributed by atoms with Gasteiger partial charge in [-0.1, -0.05) is 32.6 Å². The lowest BCUT2D eigenvalue weighted by atomic mass is 9.99. The molecule has 1 saturated heterocycles. The van der Waals surface area contributed by atoms with Crippen LogP contribution in [0.4, 0.5) is 10.6 Å². The van der Waals surface area contributed by atoms with E-state index in [4.69, 9.17) is 38.0 Å². The number of fused-ring (bicyclic) bond motifs is 1. The number of nitrogen functional groups attached to an aromatic ring is 1. The fourth-order valence-electron chi connectivity index (χ4n) is 3.49. The highest BCUT2D eigenvalue weighted by Gasteiger charge is 2.51. The van der Waals surface area contributed by atoms with Crippen molar-refractivity contribution in [3.8, 4) is 12.3 Å². The van der Waals surface area contributed by atoms with Gasteiger partial charge in [0.25, 0.3) is 0 Å². The molecule has 0 amide bonds. The van der Waals surface area contributed by atoms with Gasteiger partial charge in [0.1, 0.15) is 17.7 Å². The largest absolute Gasteiger partial charge is 0.508 e. The molecule has 9 nitrogen and oxygen atoms in total. The number of ether oxygens (including phenoxy) is 3. The van der Waals surface area contributed by atoms with Crippen molar-refractivity contribution in [2.45, 2.75) is 51.0 Å². The highest BCUT2D eigenvalue weighted by Crippen LogP contribution is 2.40. The average molecular weight is 437 g/mol. The van der Waals surface area contributed by atoms with E-state index in [9.17, 15) is 9.90 Å². The van der Waals surface area contributed by atoms with Crippen LogP contribution in [0.15, 0.2) is 12.3 Å². The Hall–Kier alpha value is -2.54. The Morgan fingerprint density at radius 2 is 2.27 bits per heavy atom. The molecule has 2 aromatic rings. The van der Waals surface area contributed by atoms with Gasteiger partial charge < -0.3 is 29.6 Å². The smallest absolute Gasteiger partial charge is 0.434 e. The zero-order chi connectivity index (χ0) is 21.9. The van der Waals surface area contributed by atoms with Crippen LogP contribution in [0, 0.1) is 18.3 Å². The van der Waals surface area contributed by atoms with Crippen molar-refractivity contribution >= 4 is 34.6 Å². The lowest BCUT2D eigenvalue weighted by molar-refractivity contribution is -0.0981. The first-order valence-corrected chi connectivity index (χ1v) is 10.1. The van der Waals surface area contributed by atoms with E-state index in [0.717, 1.165) is 12.8 Å². The minimum atomic E-state index is -1.52. The molecule has 0 radical (unpaired) electrons. The maximum absolute atomic E-state index is 12.2. The number of nitrogens with zero attached hydrogens (tertiary/aromatic N) is 3. The zero-order valence-electron chi connectivity index (χ0n) is 16.9. The van der Waals surface area contributed by atoms with Crippen molar-refractivity contribution in [2.75, 3.05) is 18.9 Å². The molecule has 0 bridgehead atoms. The summed E-state index contributed by atoms with van der Waals surface area (Å²) in [6, 6.07) is 1.72. The molecule has 0 unspecified atom stereocenters. The summed E-state index contributed by atoms with van der Waals surface area (Å²) >= 11 is 5.94. The average Bonchev–Trinajstić information content (AvgIpc) is 3.30. The molecule has 162 valence electrons. The van der Waals surface area contributed by atoms with Gasteiger partial charge in [-0.05, 0) is 23.6 Å². The molecule has 1 aliphatic rings. The molecule has 0 spiro atoms. The standard InChI is InChI=1S/C20H25ClN4O5/c1-4-12(5-2)10-28-19(27)29-14-9-15(30-20(14,6-3)11-26)25-8-7-13-16(22)23-18(21)24-17(13)25/h3,7-8,12,14-15,26H,4-5,9-11H2,1-2H3,(H2,22,23,24)/t14-,15+,20+/m0/s1. The summed E-state index contributed by atoms with van der Waals surface area (Å²) in [6.07, 6.45) is 6.85. The molecule has 1 fully saturated rings. The first-order valence-electron chi connectivity index (χ1n) is 9.76. The van der Waals surface area contributed by atoms with Gasteiger partial charge in [-0.25, -0.2) is 9.78 Å². The maximum atomic E-state index is 12.2. The first-order chi connectivity index (χ1) is 14.4. The van der Waals surface area contributed by atoms with E-state index < -0.39 is 30.7 Å². The van der Waals surface area contributed by atoms with Crippen LogP contribution in [0.2, 0.25) is 5.28 Å². The Kier molecular flexibility index (Phi) is 6.71. The van der Waals surface area contributed by atoms with Crippen molar-refractivity contribution in [3.05, 3.63) is 17.5 Å². The van der Waals surface area contributed by atoms with Crippen molar-refractivity contribution in [1.82, 2.24) is 14.5 Å². The van der Waals surface area contributed by atoms with E-state index in [1.54, 1.807) is 16.8 Å². The lowest BCUT2D eigenvalue weighted by Crippen LogP contribution is -2.44. The van der Waals surface area contributed by atoms with Gasteiger partial charge in [-0.2, -0.15) is 4.98 Å². The number of carbonyl (C=O) groups excluding carboxylic acids is 1. The maximum Gasteiger partial charge on any atom is 0.508 e. The van der Waals surface area contributed by atoms with E-state index in [-0.39, 0.29) is 30.0 Å². The number of aromatic nitrogens is 3. The molecular formula is C20H25ClN4O5. The van der Waals surface area contributed by atoms with Crippen LogP contribution in [0.3, 0.4) is 0 Å². The quantitative estimate of drug-likeness (QED) is 0.386. The summed E-state index contributed by atoms with van der Waals surface area (Å²) < 4.78 is 18.3. The van der Waals surface area contributed by atoms with Gasteiger partial charge in [-0.3, -0.25) is 0 Å². The second-order valence-electron chi connectivity index (χ2n) is 7.19. The van der Waals surface area contributed by atoms with Crippen LogP contribution in [0.5, 0.6) is 0 Å². The Morgan fingerprint density at radius 1 is 1.53 bits per heavy atom. The van der Waals surface area contributed by atoms with Gasteiger partial charge in [0.2, 0.25) is 5.28 Å². The summed E-state index contributed by atoms with van der Waals surface area (Å²) in [7, 11) is 0. The van der Waals surface area contributed by atoms with Gasteiger partial charge in [0, 0.05) is 12.6 Å². The van der Waals surface area contributed by atoms with Crippen molar-refractivity contribution in [1.29, 1.82) is 0 Å². The number of aliphatic hydroxyl groups excluding tert-OH is 1. The summed E-state index contributed by atoms with van der Waals surface area (Å²) in [5.74, 6) is 2.91. The number of hydrogen-bond acceptors (Lipinski definition) is 8. The minimum absolute atomic E-state index is 0.0129. The molecule has 3 rings (SSSR count). The van der Waals surface area contributed by atoms with Gasteiger partial charge in [0.05, 0.1) is 18.6 Å².